The van der Waals surface area contributed by atoms with E-state index in [1.54, 1.807) is 4.90 Å². The van der Waals surface area contributed by atoms with Gasteiger partial charge in [0.1, 0.15) is 11.6 Å². The second kappa shape index (κ2) is 27.9. The van der Waals surface area contributed by atoms with Crippen molar-refractivity contribution in [3.8, 4) is 34.9 Å². The topological polar surface area (TPSA) is 249 Å². The van der Waals surface area contributed by atoms with E-state index in [1.165, 1.54) is 60.7 Å². The minimum Gasteiger partial charge on any atom is -0.453 e. The third kappa shape index (κ3) is 13.8. The first-order chi connectivity index (χ1) is 41.2. The number of aromatic nitrogens is 4. The summed E-state index contributed by atoms with van der Waals surface area (Å²) < 4.78 is 16.7. The Morgan fingerprint density at radius 3 is 1.38 bits per heavy atom. The number of methoxy groups -OCH3 is 3. The number of H-pyrrole nitrogens is 2. The van der Waals surface area contributed by atoms with Gasteiger partial charge in [-0.15, -0.1) is 0 Å². The molecule has 19 nitrogen and oxygen atoms in total. The van der Waals surface area contributed by atoms with Crippen molar-refractivity contribution in [2.45, 2.75) is 135 Å². The number of hydrogen-bond donors (Lipinski definition) is 3. The maximum absolute atomic E-state index is 13.8. The van der Waals surface area contributed by atoms with Crippen LogP contribution in [0.4, 0.5) is 14.4 Å². The quantitative estimate of drug-likeness (QED) is 0.0729. The first kappa shape index (κ1) is 61.7. The van der Waals surface area contributed by atoms with Gasteiger partial charge in [0.25, 0.3) is 11.8 Å². The van der Waals surface area contributed by atoms with Gasteiger partial charge in [-0.3, -0.25) is 9.59 Å². The molecule has 3 N–H and O–H groups in total. The summed E-state index contributed by atoms with van der Waals surface area (Å²) in [6, 6.07) is 28.8. The summed E-state index contributed by atoms with van der Waals surface area (Å²) in [6.45, 7) is 9.86. The average Bonchev–Trinajstić information content (AvgIpc) is 1.96. The highest BCUT2D eigenvalue weighted by molar-refractivity contribution is 5.98. The van der Waals surface area contributed by atoms with Crippen LogP contribution in [0.25, 0.3) is 22.8 Å². The van der Waals surface area contributed by atoms with Crippen LogP contribution < -0.4 is 5.32 Å². The first-order valence-corrected chi connectivity index (χ1v) is 29.7. The number of imidazole rings is 2. The molecule has 6 heterocycles. The molecule has 0 unspecified atom stereocenters. The van der Waals surface area contributed by atoms with Gasteiger partial charge in [0.2, 0.25) is 0 Å². The van der Waals surface area contributed by atoms with Gasteiger partial charge in [0.15, 0.2) is 0 Å². The van der Waals surface area contributed by atoms with Crippen LogP contribution in [-0.2, 0) is 44.9 Å². The number of amides is 3. The van der Waals surface area contributed by atoms with E-state index in [-0.39, 0.29) is 25.3 Å². The fraction of sp³-hybridized carbons (Fsp3) is 0.448. The van der Waals surface area contributed by atoms with Gasteiger partial charge in [-0.25, -0.2) is 24.4 Å². The molecule has 6 aromatic rings. The fourth-order valence-electron chi connectivity index (χ4n) is 12.5. The normalized spacial score (nSPS) is 16.7. The van der Waals surface area contributed by atoms with Crippen LogP contribution in [0.15, 0.2) is 72.8 Å². The van der Waals surface area contributed by atoms with Crippen LogP contribution >= 0.6 is 0 Å². The van der Waals surface area contributed by atoms with Gasteiger partial charge in [0, 0.05) is 80.9 Å². The zero-order chi connectivity index (χ0) is 59.7. The van der Waals surface area contributed by atoms with Gasteiger partial charge < -0.3 is 48.9 Å². The largest absolute Gasteiger partial charge is 0.518 e. The highest BCUT2D eigenvalue weighted by Crippen LogP contribution is 2.44. The number of ether oxygens (including phenoxy) is 4. The summed E-state index contributed by atoms with van der Waals surface area (Å²) in [6.07, 6.45) is 10.1. The number of carbonyl (C=O) groups excluding carboxylic acids is 5. The lowest BCUT2D eigenvalue weighted by molar-refractivity contribution is 0.0566. The lowest BCUT2D eigenvalue weighted by Gasteiger charge is -2.33. The summed E-state index contributed by atoms with van der Waals surface area (Å²) in [5.74, 6) is 3.78. The van der Waals surface area contributed by atoms with E-state index in [4.69, 9.17) is 25.2 Å². The van der Waals surface area contributed by atoms with Gasteiger partial charge in [0.05, 0.1) is 73.9 Å². The van der Waals surface area contributed by atoms with E-state index in [0.717, 1.165) is 147 Å². The Bertz CT molecular complexity index is 3480. The van der Waals surface area contributed by atoms with Crippen molar-refractivity contribution >= 4 is 30.2 Å². The molecular weight excluding hydrogens is 1090 g/mol. The van der Waals surface area contributed by atoms with Crippen LogP contribution in [0, 0.1) is 36.5 Å². The van der Waals surface area contributed by atoms with Gasteiger partial charge in [-0.2, -0.15) is 10.5 Å². The monoisotopic (exact) mass is 1170 g/mol. The van der Waals surface area contributed by atoms with Crippen LogP contribution in [0.1, 0.15) is 183 Å². The van der Waals surface area contributed by atoms with E-state index < -0.39 is 12.3 Å². The number of carbonyl (C=O) groups is 5. The van der Waals surface area contributed by atoms with Crippen LogP contribution in [0.5, 0.6) is 0 Å². The molecule has 2 aliphatic carbocycles. The summed E-state index contributed by atoms with van der Waals surface area (Å²) >= 11 is 0. The molecule has 12 rings (SSSR count). The predicted molar refractivity (Wildman–Crippen MR) is 323 cm³/mol. The average molecular weight is 1170 g/mol. The molecule has 0 bridgehead atoms. The van der Waals surface area contributed by atoms with Crippen molar-refractivity contribution in [1.82, 2.24) is 40.0 Å². The molecule has 4 aromatic carbocycles. The second-order valence-corrected chi connectivity index (χ2v) is 23.0. The lowest BCUT2D eigenvalue weighted by atomic mass is 9.77. The number of rotatable bonds is 8. The molecule has 0 radical (unpaired) electrons. The minimum absolute atomic E-state index is 0. The smallest absolute Gasteiger partial charge is 0.453 e. The molecule has 2 saturated carbocycles. The number of nitrogens with one attached hydrogen (secondary N) is 3. The molecule has 86 heavy (non-hydrogen) atoms. The van der Waals surface area contributed by atoms with E-state index in [2.05, 4.69) is 85.0 Å². The van der Waals surface area contributed by atoms with Crippen molar-refractivity contribution in [3.63, 3.8) is 0 Å². The molecule has 4 aliphatic heterocycles. The van der Waals surface area contributed by atoms with Crippen molar-refractivity contribution in [2.24, 2.45) is 0 Å². The van der Waals surface area contributed by atoms with E-state index >= 15 is 0 Å². The van der Waals surface area contributed by atoms with Crippen molar-refractivity contribution in [1.29, 1.82) is 10.5 Å². The fourth-order valence-corrected chi connectivity index (χ4v) is 12.5. The summed E-state index contributed by atoms with van der Waals surface area (Å²) in [5.41, 5.74) is 16.4. The third-order valence-electron chi connectivity index (χ3n) is 17.9. The molecule has 2 saturated heterocycles. The number of likely N-dealkylation sites (tertiary alicyclic amines) is 2. The second-order valence-electron chi connectivity index (χ2n) is 23.0. The Balaban J connectivity index is 0.000000179. The predicted octanol–water partition coefficient (Wildman–Crippen LogP) is 12.0. The van der Waals surface area contributed by atoms with Crippen molar-refractivity contribution in [2.75, 3.05) is 60.6 Å². The Morgan fingerprint density at radius 1 is 0.547 bits per heavy atom. The summed E-state index contributed by atoms with van der Waals surface area (Å²) in [4.78, 5) is 82.4. The van der Waals surface area contributed by atoms with Crippen LogP contribution in [-0.4, -0.2) is 125 Å². The SMILES string of the molecule is C.COC(=O)N1CCc2nc(-c3cc(C(=O)N4CCC(c5ccc(C#N)cc5)CC4)c(C)cc3C3CCC3)[nH]c2C1.COC(=O)OC(=O)OC.Cc1cc(C2CCC2)c(-c2nc3c([nH]2)CNCC3)cc1C(=O)N1CCC(c2ccc(C#N)cc2)CC1. The lowest BCUT2D eigenvalue weighted by Crippen LogP contribution is -2.38. The maximum atomic E-state index is 13.8. The number of nitriles is 2. The minimum atomic E-state index is -1.08. The molecule has 450 valence electrons. The summed E-state index contributed by atoms with van der Waals surface area (Å²) in [7, 11) is 3.58. The third-order valence-corrected chi connectivity index (χ3v) is 17.9. The number of benzene rings is 4. The maximum Gasteiger partial charge on any atom is 0.518 e. The van der Waals surface area contributed by atoms with E-state index in [0.29, 0.717) is 67.4 Å². The van der Waals surface area contributed by atoms with E-state index in [1.807, 2.05) is 53.1 Å². The molecule has 3 amide bonds. The number of nitrogens with zero attached hydrogens (tertiary/aromatic N) is 7. The van der Waals surface area contributed by atoms with Crippen LogP contribution in [0.3, 0.4) is 0 Å². The highest BCUT2D eigenvalue weighted by Gasteiger charge is 2.33. The van der Waals surface area contributed by atoms with Crippen LogP contribution in [0.2, 0.25) is 0 Å². The number of fused-ring (bicyclic) bond motifs is 2. The number of piperidine rings is 2. The Labute approximate surface area is 503 Å². The molecule has 6 aliphatic rings. The van der Waals surface area contributed by atoms with Crippen molar-refractivity contribution < 1.29 is 42.9 Å². The van der Waals surface area contributed by atoms with Crippen molar-refractivity contribution in [3.05, 3.63) is 151 Å². The zero-order valence-corrected chi connectivity index (χ0v) is 49.2. The zero-order valence-electron chi connectivity index (χ0n) is 49.2. The number of hydrogen-bond acceptors (Lipinski definition) is 14. The van der Waals surface area contributed by atoms with Gasteiger partial charge in [-0.05, 0) is 159 Å². The number of aryl methyl sites for hydroxylation is 2. The Morgan fingerprint density at radius 2 is 0.988 bits per heavy atom. The molecule has 4 fully saturated rings. The number of aromatic amines is 2. The van der Waals surface area contributed by atoms with Gasteiger partial charge in [-0.1, -0.05) is 56.7 Å². The Hall–Kier alpha value is -8.81. The first-order valence-electron chi connectivity index (χ1n) is 29.7. The van der Waals surface area contributed by atoms with E-state index in [9.17, 15) is 24.0 Å². The standard InChI is InChI=1S/C32H35N5O3.C30H33N5O.C4H6O5.CH4/c1-20-16-26(24-4-3-5-24)27(30-34-28-12-15-37(32(39)40-2)19-29(28)35-30)17-25(20)31(38)36-13-10-23(11-14-36)22-8-6-21(18-33)7-9-22;1-19-15-25(23-3-2-4-23)26(29-33-27-9-12-32-18-28(27)34-29)16-24(19)30(36)35-13-10-22(11-14-35)21-7-5-20(17-31)6-8-21;1-7-3(5)9-4(6)8-2;/h6-9,16-17,23-24H,3-5,10-15,19H2,1-2H3,(H,34,35);5-8,15-16,22-23,32H,2-4,9-14,18H2,1H3,(H,33,34);1-2H3;1H4. The molecule has 2 aromatic heterocycles. The molecule has 0 spiro atoms. The van der Waals surface area contributed by atoms with Gasteiger partial charge >= 0.3 is 18.4 Å². The Kier molecular flexibility index (Phi) is 20.1. The molecule has 0 atom stereocenters. The molecular formula is C67H78N10O9. The summed E-state index contributed by atoms with van der Waals surface area (Å²) in [5, 5.41) is 21.6. The highest BCUT2D eigenvalue weighted by atomic mass is 16.8. The molecule has 19 heteroatoms.